The summed E-state index contributed by atoms with van der Waals surface area (Å²) in [7, 11) is 1.48. The minimum Gasteiger partial charge on any atom is -0.496 e. The number of hydrogen-bond acceptors (Lipinski definition) is 3. The molecule has 20 heavy (non-hydrogen) atoms. The van der Waals surface area contributed by atoms with E-state index in [0.717, 1.165) is 0 Å². The number of nitrogens with one attached hydrogen (secondary N) is 1. The van der Waals surface area contributed by atoms with Gasteiger partial charge in [0.2, 0.25) is 0 Å². The van der Waals surface area contributed by atoms with Crippen LogP contribution in [0.5, 0.6) is 5.75 Å². The SMILES string of the molecule is COc1ccc(Cl)cc1C(=O)NCCCC(C)C(=O)O. The molecule has 0 saturated carbocycles. The summed E-state index contributed by atoms with van der Waals surface area (Å²) < 4.78 is 5.10. The molecule has 0 radical (unpaired) electrons. The second-order valence-corrected chi connectivity index (χ2v) is 4.92. The number of carbonyl (C=O) groups excluding carboxylic acids is 1. The number of methoxy groups -OCH3 is 1. The molecular formula is C14H18ClNO4. The van der Waals surface area contributed by atoms with Crippen LogP contribution in [0.25, 0.3) is 0 Å². The first-order chi connectivity index (χ1) is 9.45. The van der Waals surface area contributed by atoms with Crippen LogP contribution >= 0.6 is 11.6 Å². The number of hydrogen-bond donors (Lipinski definition) is 2. The van der Waals surface area contributed by atoms with Crippen molar-refractivity contribution in [2.24, 2.45) is 5.92 Å². The molecule has 0 aliphatic carbocycles. The van der Waals surface area contributed by atoms with Gasteiger partial charge >= 0.3 is 5.97 Å². The third-order valence-electron chi connectivity index (χ3n) is 2.93. The van der Waals surface area contributed by atoms with Crippen LogP contribution < -0.4 is 10.1 Å². The van der Waals surface area contributed by atoms with E-state index in [2.05, 4.69) is 5.32 Å². The number of aliphatic carboxylic acids is 1. The first-order valence-electron chi connectivity index (χ1n) is 6.30. The molecule has 1 rings (SSSR count). The minimum absolute atomic E-state index is 0.285. The zero-order valence-corrected chi connectivity index (χ0v) is 12.2. The molecule has 0 fully saturated rings. The van der Waals surface area contributed by atoms with Gasteiger partial charge in [0.1, 0.15) is 5.75 Å². The van der Waals surface area contributed by atoms with Gasteiger partial charge in [0.25, 0.3) is 5.91 Å². The van der Waals surface area contributed by atoms with Gasteiger partial charge in [-0.25, -0.2) is 0 Å². The Labute approximate surface area is 122 Å². The molecule has 0 spiro atoms. The summed E-state index contributed by atoms with van der Waals surface area (Å²) in [5.41, 5.74) is 0.367. The molecule has 1 aromatic rings. The quantitative estimate of drug-likeness (QED) is 0.759. The molecule has 6 heteroatoms. The number of carbonyl (C=O) groups is 2. The van der Waals surface area contributed by atoms with E-state index in [-0.39, 0.29) is 5.91 Å². The summed E-state index contributed by atoms with van der Waals surface area (Å²) in [6.07, 6.45) is 1.12. The topological polar surface area (TPSA) is 75.6 Å². The Kier molecular flexibility index (Phi) is 6.31. The Bertz CT molecular complexity index is 490. The van der Waals surface area contributed by atoms with E-state index in [9.17, 15) is 9.59 Å². The molecule has 1 aromatic carbocycles. The van der Waals surface area contributed by atoms with E-state index in [0.29, 0.717) is 35.7 Å². The minimum atomic E-state index is -0.826. The van der Waals surface area contributed by atoms with Crippen molar-refractivity contribution >= 4 is 23.5 Å². The van der Waals surface area contributed by atoms with E-state index in [1.807, 2.05) is 0 Å². The maximum atomic E-state index is 12.0. The summed E-state index contributed by atoms with van der Waals surface area (Å²) in [4.78, 5) is 22.6. The fourth-order valence-corrected chi connectivity index (χ4v) is 1.86. The number of rotatable bonds is 7. The van der Waals surface area contributed by atoms with Crippen molar-refractivity contribution in [3.63, 3.8) is 0 Å². The van der Waals surface area contributed by atoms with Crippen molar-refractivity contribution in [3.8, 4) is 5.75 Å². The number of carboxylic acid groups (broad SMARTS) is 1. The van der Waals surface area contributed by atoms with Gasteiger partial charge in [-0.1, -0.05) is 18.5 Å². The zero-order valence-electron chi connectivity index (χ0n) is 11.5. The van der Waals surface area contributed by atoms with Crippen LogP contribution in [0.2, 0.25) is 5.02 Å². The molecule has 2 N–H and O–H groups in total. The maximum absolute atomic E-state index is 12.0. The molecule has 0 aliphatic heterocycles. The van der Waals surface area contributed by atoms with Gasteiger partial charge in [-0.15, -0.1) is 0 Å². The Morgan fingerprint density at radius 3 is 2.75 bits per heavy atom. The maximum Gasteiger partial charge on any atom is 0.306 e. The lowest BCUT2D eigenvalue weighted by atomic mass is 10.1. The molecule has 1 unspecified atom stereocenters. The fourth-order valence-electron chi connectivity index (χ4n) is 1.69. The second-order valence-electron chi connectivity index (χ2n) is 4.48. The van der Waals surface area contributed by atoms with Crippen LogP contribution in [0, 0.1) is 5.92 Å². The Morgan fingerprint density at radius 2 is 2.15 bits per heavy atom. The average Bonchev–Trinajstić information content (AvgIpc) is 2.42. The average molecular weight is 300 g/mol. The number of benzene rings is 1. The van der Waals surface area contributed by atoms with E-state index >= 15 is 0 Å². The fraction of sp³-hybridized carbons (Fsp3) is 0.429. The Balaban J connectivity index is 2.51. The number of carboxylic acids is 1. The molecule has 5 nitrogen and oxygen atoms in total. The summed E-state index contributed by atoms with van der Waals surface area (Å²) in [6.45, 7) is 2.05. The Hall–Kier alpha value is -1.75. The van der Waals surface area contributed by atoms with E-state index in [4.69, 9.17) is 21.4 Å². The molecule has 0 aromatic heterocycles. The summed E-state index contributed by atoms with van der Waals surface area (Å²) in [6, 6.07) is 4.81. The van der Waals surface area contributed by atoms with E-state index in [1.54, 1.807) is 19.1 Å². The molecule has 1 atom stereocenters. The molecule has 0 saturated heterocycles. The highest BCUT2D eigenvalue weighted by Gasteiger charge is 2.13. The van der Waals surface area contributed by atoms with Crippen molar-refractivity contribution in [3.05, 3.63) is 28.8 Å². The lowest BCUT2D eigenvalue weighted by molar-refractivity contribution is -0.141. The van der Waals surface area contributed by atoms with Crippen molar-refractivity contribution in [1.82, 2.24) is 5.32 Å². The molecule has 1 amide bonds. The summed E-state index contributed by atoms with van der Waals surface area (Å²) in [5.74, 6) is -1.07. The highest BCUT2D eigenvalue weighted by atomic mass is 35.5. The lowest BCUT2D eigenvalue weighted by Crippen LogP contribution is -2.25. The third-order valence-corrected chi connectivity index (χ3v) is 3.16. The van der Waals surface area contributed by atoms with E-state index in [1.165, 1.54) is 13.2 Å². The van der Waals surface area contributed by atoms with Crippen molar-refractivity contribution < 1.29 is 19.4 Å². The van der Waals surface area contributed by atoms with Crippen molar-refractivity contribution in [2.75, 3.05) is 13.7 Å². The molecule has 110 valence electrons. The van der Waals surface area contributed by atoms with Gasteiger partial charge in [-0.2, -0.15) is 0 Å². The van der Waals surface area contributed by atoms with Gasteiger partial charge in [0.15, 0.2) is 0 Å². The smallest absolute Gasteiger partial charge is 0.306 e. The Morgan fingerprint density at radius 1 is 1.45 bits per heavy atom. The van der Waals surface area contributed by atoms with Gasteiger partial charge in [-0.3, -0.25) is 9.59 Å². The molecular weight excluding hydrogens is 282 g/mol. The number of halogens is 1. The van der Waals surface area contributed by atoms with Crippen LogP contribution in [0.4, 0.5) is 0 Å². The van der Waals surface area contributed by atoms with Gasteiger partial charge < -0.3 is 15.2 Å². The third kappa shape index (κ3) is 4.74. The zero-order chi connectivity index (χ0) is 15.1. The lowest BCUT2D eigenvalue weighted by Gasteiger charge is -2.10. The number of amides is 1. The highest BCUT2D eigenvalue weighted by molar-refractivity contribution is 6.31. The summed E-state index contributed by atoms with van der Waals surface area (Å²) in [5, 5.41) is 11.9. The molecule has 0 aliphatic rings. The van der Waals surface area contributed by atoms with Crippen molar-refractivity contribution in [2.45, 2.75) is 19.8 Å². The monoisotopic (exact) mass is 299 g/mol. The molecule has 0 heterocycles. The van der Waals surface area contributed by atoms with Crippen LogP contribution in [0.1, 0.15) is 30.1 Å². The first-order valence-corrected chi connectivity index (χ1v) is 6.68. The first kappa shape index (κ1) is 16.3. The van der Waals surface area contributed by atoms with E-state index < -0.39 is 11.9 Å². The predicted octanol–water partition coefficient (Wildman–Crippen LogP) is 2.58. The largest absolute Gasteiger partial charge is 0.496 e. The van der Waals surface area contributed by atoms with Gasteiger partial charge in [0, 0.05) is 11.6 Å². The normalized spacial score (nSPS) is 11.8. The van der Waals surface area contributed by atoms with Crippen molar-refractivity contribution in [1.29, 1.82) is 0 Å². The number of ether oxygens (including phenoxy) is 1. The highest BCUT2D eigenvalue weighted by Crippen LogP contribution is 2.22. The van der Waals surface area contributed by atoms with Gasteiger partial charge in [-0.05, 0) is 31.0 Å². The predicted molar refractivity (Wildman–Crippen MR) is 76.4 cm³/mol. The second kappa shape index (κ2) is 7.75. The van der Waals surface area contributed by atoms with Gasteiger partial charge in [0.05, 0.1) is 18.6 Å². The van der Waals surface area contributed by atoms with Crippen LogP contribution in [0.15, 0.2) is 18.2 Å². The van der Waals surface area contributed by atoms with Crippen LogP contribution in [0.3, 0.4) is 0 Å². The van der Waals surface area contributed by atoms with Crippen LogP contribution in [-0.2, 0) is 4.79 Å². The standard InChI is InChI=1S/C14H18ClNO4/c1-9(14(18)19)4-3-7-16-13(17)11-8-10(15)5-6-12(11)20-2/h5-6,8-9H,3-4,7H2,1-2H3,(H,16,17)(H,18,19). The summed E-state index contributed by atoms with van der Waals surface area (Å²) >= 11 is 5.85. The molecule has 0 bridgehead atoms. The van der Waals surface area contributed by atoms with Crippen LogP contribution in [-0.4, -0.2) is 30.6 Å².